The number of carbonyl (C=O) groups excluding carboxylic acids is 1. The zero-order valence-electron chi connectivity index (χ0n) is 13.4. The van der Waals surface area contributed by atoms with Gasteiger partial charge in [0.1, 0.15) is 0 Å². The minimum Gasteiger partial charge on any atom is -0.381 e. The summed E-state index contributed by atoms with van der Waals surface area (Å²) in [6.07, 6.45) is 2.58. The Morgan fingerprint density at radius 1 is 1.36 bits per heavy atom. The van der Waals surface area contributed by atoms with Gasteiger partial charge in [-0.25, -0.2) is 0 Å². The second kappa shape index (κ2) is 9.13. The first-order valence-electron chi connectivity index (χ1n) is 7.76. The molecule has 1 saturated heterocycles. The van der Waals surface area contributed by atoms with Gasteiger partial charge in [0.25, 0.3) is 0 Å². The Labute approximate surface area is 139 Å². The second-order valence-electron chi connectivity index (χ2n) is 6.02. The molecule has 2 atom stereocenters. The SMILES string of the molecule is Cc1ccccc1CC(C)NC(=O)C(N)C1CCOCC1.Cl. The van der Waals surface area contributed by atoms with Crippen molar-refractivity contribution in [1.29, 1.82) is 0 Å². The van der Waals surface area contributed by atoms with Gasteiger partial charge in [-0.1, -0.05) is 24.3 Å². The van der Waals surface area contributed by atoms with E-state index in [1.165, 1.54) is 11.1 Å². The Morgan fingerprint density at radius 2 is 2.00 bits per heavy atom. The summed E-state index contributed by atoms with van der Waals surface area (Å²) in [6, 6.07) is 7.93. The molecule has 1 aliphatic heterocycles. The molecule has 22 heavy (non-hydrogen) atoms. The van der Waals surface area contributed by atoms with Gasteiger partial charge in [-0.3, -0.25) is 4.79 Å². The van der Waals surface area contributed by atoms with Gasteiger partial charge in [0.2, 0.25) is 5.91 Å². The van der Waals surface area contributed by atoms with Crippen LogP contribution in [0.25, 0.3) is 0 Å². The largest absolute Gasteiger partial charge is 0.381 e. The van der Waals surface area contributed by atoms with Crippen LogP contribution >= 0.6 is 12.4 Å². The minimum atomic E-state index is -0.423. The molecule has 5 heteroatoms. The maximum Gasteiger partial charge on any atom is 0.237 e. The van der Waals surface area contributed by atoms with Crippen LogP contribution in [0.3, 0.4) is 0 Å². The lowest BCUT2D eigenvalue weighted by Crippen LogP contribution is -2.49. The van der Waals surface area contributed by atoms with Gasteiger partial charge < -0.3 is 15.8 Å². The van der Waals surface area contributed by atoms with E-state index < -0.39 is 6.04 Å². The smallest absolute Gasteiger partial charge is 0.237 e. The van der Waals surface area contributed by atoms with Crippen LogP contribution in [0.1, 0.15) is 30.9 Å². The summed E-state index contributed by atoms with van der Waals surface area (Å²) in [4.78, 5) is 12.3. The number of ether oxygens (including phenoxy) is 1. The molecular weight excluding hydrogens is 300 g/mol. The number of carbonyl (C=O) groups is 1. The molecule has 1 aromatic rings. The molecule has 0 aromatic heterocycles. The molecule has 1 amide bonds. The molecule has 3 N–H and O–H groups in total. The van der Waals surface area contributed by atoms with Crippen LogP contribution in [0, 0.1) is 12.8 Å². The fourth-order valence-corrected chi connectivity index (χ4v) is 2.85. The van der Waals surface area contributed by atoms with E-state index in [0.29, 0.717) is 13.2 Å². The summed E-state index contributed by atoms with van der Waals surface area (Å²) in [7, 11) is 0. The normalized spacial score (nSPS) is 18.1. The average molecular weight is 327 g/mol. The molecule has 0 spiro atoms. The molecule has 1 aliphatic rings. The number of nitrogens with two attached hydrogens (primary N) is 1. The van der Waals surface area contributed by atoms with Crippen molar-refractivity contribution in [2.75, 3.05) is 13.2 Å². The van der Waals surface area contributed by atoms with E-state index in [1.807, 2.05) is 19.1 Å². The van der Waals surface area contributed by atoms with Crippen LogP contribution in [-0.4, -0.2) is 31.2 Å². The number of benzene rings is 1. The van der Waals surface area contributed by atoms with Crippen molar-refractivity contribution < 1.29 is 9.53 Å². The lowest BCUT2D eigenvalue weighted by Gasteiger charge is -2.28. The van der Waals surface area contributed by atoms with Crippen LogP contribution in [-0.2, 0) is 16.0 Å². The standard InChI is InChI=1S/C17H26N2O2.ClH/c1-12-5-3-4-6-15(12)11-13(2)19-17(20)16(18)14-7-9-21-10-8-14;/h3-6,13-14,16H,7-11,18H2,1-2H3,(H,19,20);1H. The second-order valence-corrected chi connectivity index (χ2v) is 6.02. The molecule has 1 fully saturated rings. The van der Waals surface area contributed by atoms with Gasteiger partial charge in [-0.05, 0) is 50.2 Å². The first-order chi connectivity index (χ1) is 10.1. The van der Waals surface area contributed by atoms with Gasteiger partial charge in [0.15, 0.2) is 0 Å². The molecule has 0 radical (unpaired) electrons. The number of rotatable bonds is 5. The molecule has 0 aliphatic carbocycles. The molecule has 1 aromatic carbocycles. The molecular formula is C17H27ClN2O2. The summed E-state index contributed by atoms with van der Waals surface area (Å²) in [5, 5.41) is 3.05. The van der Waals surface area contributed by atoms with Crippen molar-refractivity contribution in [1.82, 2.24) is 5.32 Å². The van der Waals surface area contributed by atoms with Crippen molar-refractivity contribution in [3.8, 4) is 0 Å². The van der Waals surface area contributed by atoms with Crippen LogP contribution in [0.4, 0.5) is 0 Å². The summed E-state index contributed by atoms with van der Waals surface area (Å²) >= 11 is 0. The molecule has 2 rings (SSSR count). The van der Waals surface area contributed by atoms with E-state index >= 15 is 0 Å². The Kier molecular flexibility index (Phi) is 7.87. The molecule has 1 heterocycles. The summed E-state index contributed by atoms with van der Waals surface area (Å²) in [5.41, 5.74) is 8.62. The Bertz CT molecular complexity index is 475. The van der Waals surface area contributed by atoms with Crippen molar-refractivity contribution in [3.05, 3.63) is 35.4 Å². The zero-order chi connectivity index (χ0) is 15.2. The van der Waals surface area contributed by atoms with E-state index in [2.05, 4.69) is 24.4 Å². The Morgan fingerprint density at radius 3 is 2.64 bits per heavy atom. The Balaban J connectivity index is 0.00000242. The van der Waals surface area contributed by atoms with Gasteiger partial charge in [-0.2, -0.15) is 0 Å². The molecule has 0 bridgehead atoms. The van der Waals surface area contributed by atoms with Gasteiger partial charge in [-0.15, -0.1) is 12.4 Å². The summed E-state index contributed by atoms with van der Waals surface area (Å²) in [5.74, 6) is 0.201. The van der Waals surface area contributed by atoms with E-state index in [9.17, 15) is 4.79 Å². The molecule has 2 unspecified atom stereocenters. The van der Waals surface area contributed by atoms with Gasteiger partial charge in [0.05, 0.1) is 6.04 Å². The van der Waals surface area contributed by atoms with Crippen LogP contribution < -0.4 is 11.1 Å². The third kappa shape index (κ3) is 5.27. The number of hydrogen-bond donors (Lipinski definition) is 2. The Hall–Kier alpha value is -1.10. The fourth-order valence-electron chi connectivity index (χ4n) is 2.85. The zero-order valence-corrected chi connectivity index (χ0v) is 14.2. The van der Waals surface area contributed by atoms with Crippen LogP contribution in [0.5, 0.6) is 0 Å². The van der Waals surface area contributed by atoms with Gasteiger partial charge >= 0.3 is 0 Å². The average Bonchev–Trinajstić information content (AvgIpc) is 2.49. The van der Waals surface area contributed by atoms with Crippen LogP contribution in [0.2, 0.25) is 0 Å². The fraction of sp³-hybridized carbons (Fsp3) is 0.588. The maximum absolute atomic E-state index is 12.3. The number of nitrogens with one attached hydrogen (secondary N) is 1. The van der Waals surface area contributed by atoms with Crippen molar-refractivity contribution in [2.45, 2.75) is 45.2 Å². The minimum absolute atomic E-state index is 0. The quantitative estimate of drug-likeness (QED) is 0.872. The number of halogens is 1. The van der Waals surface area contributed by atoms with E-state index in [0.717, 1.165) is 19.3 Å². The van der Waals surface area contributed by atoms with Gasteiger partial charge in [0, 0.05) is 19.3 Å². The van der Waals surface area contributed by atoms with Crippen molar-refractivity contribution in [3.63, 3.8) is 0 Å². The van der Waals surface area contributed by atoms with Crippen molar-refractivity contribution in [2.24, 2.45) is 11.7 Å². The van der Waals surface area contributed by atoms with Crippen LogP contribution in [0.15, 0.2) is 24.3 Å². The van der Waals surface area contributed by atoms with Crippen molar-refractivity contribution >= 4 is 18.3 Å². The van der Waals surface area contributed by atoms with E-state index in [4.69, 9.17) is 10.5 Å². The van der Waals surface area contributed by atoms with E-state index in [-0.39, 0.29) is 30.3 Å². The number of hydrogen-bond acceptors (Lipinski definition) is 3. The maximum atomic E-state index is 12.3. The topological polar surface area (TPSA) is 64.4 Å². The number of amides is 1. The lowest BCUT2D eigenvalue weighted by atomic mass is 9.91. The highest BCUT2D eigenvalue weighted by atomic mass is 35.5. The highest BCUT2D eigenvalue weighted by molar-refractivity contribution is 5.85. The highest BCUT2D eigenvalue weighted by Gasteiger charge is 2.27. The molecule has 4 nitrogen and oxygen atoms in total. The first-order valence-corrected chi connectivity index (χ1v) is 7.76. The predicted molar refractivity (Wildman–Crippen MR) is 91.3 cm³/mol. The first kappa shape index (κ1) is 18.9. The monoisotopic (exact) mass is 326 g/mol. The third-order valence-corrected chi connectivity index (χ3v) is 4.25. The van der Waals surface area contributed by atoms with E-state index in [1.54, 1.807) is 0 Å². The lowest BCUT2D eigenvalue weighted by molar-refractivity contribution is -0.124. The molecule has 124 valence electrons. The number of aryl methyl sites for hydroxylation is 1. The third-order valence-electron chi connectivity index (χ3n) is 4.25. The summed E-state index contributed by atoms with van der Waals surface area (Å²) in [6.45, 7) is 5.55. The predicted octanol–water partition coefficient (Wildman–Crippen LogP) is 2.22. The highest BCUT2D eigenvalue weighted by Crippen LogP contribution is 2.18. The molecule has 0 saturated carbocycles. The summed E-state index contributed by atoms with van der Waals surface area (Å²) < 4.78 is 5.32.